The van der Waals surface area contributed by atoms with Gasteiger partial charge in [-0.2, -0.15) is 0 Å². The number of carbonyl (C=O) groups is 1. The van der Waals surface area contributed by atoms with E-state index in [-0.39, 0.29) is 11.5 Å². The molecule has 0 radical (unpaired) electrons. The monoisotopic (exact) mass is 350 g/mol. The van der Waals surface area contributed by atoms with Crippen LogP contribution in [0.4, 0.5) is 15.8 Å². The SMILES string of the molecule is Cc1ccc(NC(=O)c2cc(F)ccc2Br)cc1N(C)C. The van der Waals surface area contributed by atoms with Gasteiger partial charge in [-0.05, 0) is 58.7 Å². The number of amides is 1. The van der Waals surface area contributed by atoms with Gasteiger partial charge in [-0.1, -0.05) is 6.07 Å². The fourth-order valence-corrected chi connectivity index (χ4v) is 2.47. The Morgan fingerprint density at radius 3 is 2.57 bits per heavy atom. The minimum Gasteiger partial charge on any atom is -0.377 e. The number of rotatable bonds is 3. The predicted octanol–water partition coefficient (Wildman–Crippen LogP) is 4.21. The van der Waals surface area contributed by atoms with Crippen molar-refractivity contribution in [3.63, 3.8) is 0 Å². The maximum Gasteiger partial charge on any atom is 0.256 e. The zero-order chi connectivity index (χ0) is 15.6. The highest BCUT2D eigenvalue weighted by Crippen LogP contribution is 2.24. The molecule has 1 amide bonds. The van der Waals surface area contributed by atoms with Gasteiger partial charge >= 0.3 is 0 Å². The van der Waals surface area contributed by atoms with Crippen LogP contribution in [0.25, 0.3) is 0 Å². The summed E-state index contributed by atoms with van der Waals surface area (Å²) in [6.45, 7) is 2.00. The van der Waals surface area contributed by atoms with Crippen LogP contribution in [-0.4, -0.2) is 20.0 Å². The number of nitrogens with one attached hydrogen (secondary N) is 1. The third kappa shape index (κ3) is 3.61. The molecule has 2 rings (SSSR count). The summed E-state index contributed by atoms with van der Waals surface area (Å²) in [5, 5.41) is 2.79. The zero-order valence-corrected chi connectivity index (χ0v) is 13.7. The van der Waals surface area contributed by atoms with Crippen LogP contribution in [0.2, 0.25) is 0 Å². The Morgan fingerprint density at radius 2 is 1.90 bits per heavy atom. The standard InChI is InChI=1S/C16H16BrFN2O/c1-10-4-6-12(9-15(10)20(2)3)19-16(21)13-8-11(18)5-7-14(13)17/h4-9H,1-3H3,(H,19,21). The molecule has 5 heteroatoms. The predicted molar refractivity (Wildman–Crippen MR) is 87.6 cm³/mol. The summed E-state index contributed by atoms with van der Waals surface area (Å²) < 4.78 is 13.8. The largest absolute Gasteiger partial charge is 0.377 e. The van der Waals surface area contributed by atoms with Crippen molar-refractivity contribution < 1.29 is 9.18 Å². The van der Waals surface area contributed by atoms with E-state index in [9.17, 15) is 9.18 Å². The molecule has 0 atom stereocenters. The summed E-state index contributed by atoms with van der Waals surface area (Å²) in [4.78, 5) is 14.2. The molecule has 0 saturated heterocycles. The van der Waals surface area contributed by atoms with Gasteiger partial charge in [-0.25, -0.2) is 4.39 Å². The lowest BCUT2D eigenvalue weighted by molar-refractivity contribution is 0.102. The van der Waals surface area contributed by atoms with Crippen molar-refractivity contribution in [1.29, 1.82) is 0 Å². The maximum atomic E-state index is 13.3. The zero-order valence-electron chi connectivity index (χ0n) is 12.1. The van der Waals surface area contributed by atoms with E-state index >= 15 is 0 Å². The number of carbonyl (C=O) groups excluding carboxylic acids is 1. The van der Waals surface area contributed by atoms with Crippen molar-refractivity contribution >= 4 is 33.2 Å². The van der Waals surface area contributed by atoms with Crippen molar-refractivity contribution in [2.75, 3.05) is 24.3 Å². The van der Waals surface area contributed by atoms with Gasteiger partial charge < -0.3 is 10.2 Å². The molecule has 0 bridgehead atoms. The fourth-order valence-electron chi connectivity index (χ4n) is 2.04. The summed E-state index contributed by atoms with van der Waals surface area (Å²) >= 11 is 3.26. The second kappa shape index (κ2) is 6.26. The second-order valence-corrected chi connectivity index (χ2v) is 5.83. The van der Waals surface area contributed by atoms with Crippen LogP contribution < -0.4 is 10.2 Å². The van der Waals surface area contributed by atoms with E-state index in [4.69, 9.17) is 0 Å². The quantitative estimate of drug-likeness (QED) is 0.898. The van der Waals surface area contributed by atoms with E-state index in [1.807, 2.05) is 44.1 Å². The lowest BCUT2D eigenvalue weighted by Gasteiger charge is -2.17. The number of nitrogens with zero attached hydrogens (tertiary/aromatic N) is 1. The van der Waals surface area contributed by atoms with E-state index in [1.54, 1.807) is 0 Å². The molecule has 0 aliphatic rings. The molecule has 0 unspecified atom stereocenters. The molecular weight excluding hydrogens is 335 g/mol. The molecule has 0 aromatic heterocycles. The molecule has 0 aliphatic heterocycles. The van der Waals surface area contributed by atoms with Gasteiger partial charge in [-0.15, -0.1) is 0 Å². The van der Waals surface area contributed by atoms with Crippen LogP contribution in [0.5, 0.6) is 0 Å². The van der Waals surface area contributed by atoms with Crippen molar-refractivity contribution in [3.05, 3.63) is 57.8 Å². The highest BCUT2D eigenvalue weighted by atomic mass is 79.9. The van der Waals surface area contributed by atoms with Crippen LogP contribution in [0.15, 0.2) is 40.9 Å². The Hall–Kier alpha value is -1.88. The molecule has 0 saturated carbocycles. The number of hydrogen-bond acceptors (Lipinski definition) is 2. The lowest BCUT2D eigenvalue weighted by Crippen LogP contribution is -2.15. The van der Waals surface area contributed by atoms with Crippen LogP contribution >= 0.6 is 15.9 Å². The second-order valence-electron chi connectivity index (χ2n) is 4.97. The first kappa shape index (κ1) is 15.5. The van der Waals surface area contributed by atoms with E-state index < -0.39 is 5.82 Å². The third-order valence-electron chi connectivity index (χ3n) is 3.12. The Bertz CT molecular complexity index is 686. The topological polar surface area (TPSA) is 32.3 Å². The van der Waals surface area contributed by atoms with E-state index in [0.717, 1.165) is 11.3 Å². The number of anilines is 2. The van der Waals surface area contributed by atoms with Crippen molar-refractivity contribution in [1.82, 2.24) is 0 Å². The molecule has 0 aliphatic carbocycles. The number of benzene rings is 2. The molecule has 0 heterocycles. The van der Waals surface area contributed by atoms with Crippen LogP contribution in [0, 0.1) is 12.7 Å². The fraction of sp³-hybridized carbons (Fsp3) is 0.188. The number of hydrogen-bond donors (Lipinski definition) is 1. The van der Waals surface area contributed by atoms with E-state index in [0.29, 0.717) is 10.2 Å². The smallest absolute Gasteiger partial charge is 0.256 e. The third-order valence-corrected chi connectivity index (χ3v) is 3.81. The van der Waals surface area contributed by atoms with Crippen LogP contribution in [0.3, 0.4) is 0 Å². The van der Waals surface area contributed by atoms with Crippen molar-refractivity contribution in [2.24, 2.45) is 0 Å². The molecule has 2 aromatic carbocycles. The number of aryl methyl sites for hydroxylation is 1. The Kier molecular flexibility index (Phi) is 4.63. The average molecular weight is 351 g/mol. The normalized spacial score (nSPS) is 10.3. The first-order chi connectivity index (χ1) is 9.88. The first-order valence-corrected chi connectivity index (χ1v) is 7.22. The highest BCUT2D eigenvalue weighted by Gasteiger charge is 2.12. The molecule has 0 fully saturated rings. The summed E-state index contributed by atoms with van der Waals surface area (Å²) in [6.07, 6.45) is 0. The Morgan fingerprint density at radius 1 is 1.19 bits per heavy atom. The highest BCUT2D eigenvalue weighted by molar-refractivity contribution is 9.10. The summed E-state index contributed by atoms with van der Waals surface area (Å²) in [5.74, 6) is -0.795. The van der Waals surface area contributed by atoms with E-state index in [1.165, 1.54) is 18.2 Å². The van der Waals surface area contributed by atoms with Gasteiger partial charge in [0.05, 0.1) is 5.56 Å². The molecule has 110 valence electrons. The Balaban J connectivity index is 2.27. The molecule has 1 N–H and O–H groups in total. The maximum absolute atomic E-state index is 13.3. The van der Waals surface area contributed by atoms with Gasteiger partial charge in [0.15, 0.2) is 0 Å². The summed E-state index contributed by atoms with van der Waals surface area (Å²) in [7, 11) is 3.88. The van der Waals surface area contributed by atoms with Crippen LogP contribution in [-0.2, 0) is 0 Å². The minimum absolute atomic E-state index is 0.266. The molecular formula is C16H16BrFN2O. The average Bonchev–Trinajstić information content (AvgIpc) is 2.43. The molecule has 3 nitrogen and oxygen atoms in total. The molecule has 21 heavy (non-hydrogen) atoms. The molecule has 0 spiro atoms. The van der Waals surface area contributed by atoms with E-state index in [2.05, 4.69) is 21.2 Å². The van der Waals surface area contributed by atoms with Gasteiger partial charge in [0.1, 0.15) is 5.82 Å². The minimum atomic E-state index is -0.443. The van der Waals surface area contributed by atoms with Gasteiger partial charge in [0.2, 0.25) is 0 Å². The van der Waals surface area contributed by atoms with Crippen molar-refractivity contribution in [3.8, 4) is 0 Å². The van der Waals surface area contributed by atoms with Crippen LogP contribution in [0.1, 0.15) is 15.9 Å². The van der Waals surface area contributed by atoms with Crippen molar-refractivity contribution in [2.45, 2.75) is 6.92 Å². The van der Waals surface area contributed by atoms with Gasteiger partial charge in [-0.3, -0.25) is 4.79 Å². The van der Waals surface area contributed by atoms with Gasteiger partial charge in [0, 0.05) is 29.9 Å². The number of halogens is 2. The summed E-state index contributed by atoms with van der Waals surface area (Å²) in [6, 6.07) is 9.68. The Labute approximate surface area is 131 Å². The van der Waals surface area contributed by atoms with Gasteiger partial charge in [0.25, 0.3) is 5.91 Å². The molecule has 2 aromatic rings. The lowest BCUT2D eigenvalue weighted by atomic mass is 10.1. The first-order valence-electron chi connectivity index (χ1n) is 6.43. The summed E-state index contributed by atoms with van der Waals surface area (Å²) in [5.41, 5.74) is 3.07.